The lowest BCUT2D eigenvalue weighted by atomic mass is 9.75. The largest absolute Gasteiger partial charge is 0.314 e. The van der Waals surface area contributed by atoms with Crippen molar-refractivity contribution in [2.45, 2.75) is 26.8 Å². The highest BCUT2D eigenvalue weighted by molar-refractivity contribution is 4.95. The first kappa shape index (κ1) is 8.52. The van der Waals surface area contributed by atoms with Crippen LogP contribution in [0.4, 0.5) is 0 Å². The molecule has 1 N–H and O–H groups in total. The van der Waals surface area contributed by atoms with Crippen LogP contribution in [0, 0.1) is 11.3 Å². The SMILES string of the molecule is CC(C)(C)C1CN(C2CNC2)C1. The lowest BCUT2D eigenvalue weighted by molar-refractivity contribution is -0.0219. The molecule has 2 rings (SSSR count). The van der Waals surface area contributed by atoms with Gasteiger partial charge in [-0.2, -0.15) is 0 Å². The number of nitrogens with one attached hydrogen (secondary N) is 1. The van der Waals surface area contributed by atoms with Crippen molar-refractivity contribution in [3.63, 3.8) is 0 Å². The molecule has 0 radical (unpaired) electrons. The number of hydrogen-bond acceptors (Lipinski definition) is 2. The van der Waals surface area contributed by atoms with Gasteiger partial charge in [0.1, 0.15) is 0 Å². The molecule has 2 fully saturated rings. The van der Waals surface area contributed by atoms with Crippen molar-refractivity contribution >= 4 is 0 Å². The average molecular weight is 168 g/mol. The zero-order valence-electron chi connectivity index (χ0n) is 8.43. The van der Waals surface area contributed by atoms with E-state index in [0.717, 1.165) is 12.0 Å². The van der Waals surface area contributed by atoms with E-state index < -0.39 is 0 Å². The van der Waals surface area contributed by atoms with Gasteiger partial charge in [-0.05, 0) is 11.3 Å². The van der Waals surface area contributed by atoms with Crippen LogP contribution in [0.15, 0.2) is 0 Å². The van der Waals surface area contributed by atoms with Crippen LogP contribution in [0.1, 0.15) is 20.8 Å². The van der Waals surface area contributed by atoms with Crippen molar-refractivity contribution in [3.05, 3.63) is 0 Å². The lowest BCUT2D eigenvalue weighted by Gasteiger charge is -2.52. The molecule has 2 heterocycles. The normalized spacial score (nSPS) is 28.2. The van der Waals surface area contributed by atoms with Crippen molar-refractivity contribution in [1.82, 2.24) is 10.2 Å². The number of likely N-dealkylation sites (tertiary alicyclic amines) is 1. The highest BCUT2D eigenvalue weighted by Gasteiger charge is 2.40. The Balaban J connectivity index is 1.76. The molecular weight excluding hydrogens is 148 g/mol. The van der Waals surface area contributed by atoms with Crippen molar-refractivity contribution in [2.75, 3.05) is 26.2 Å². The summed E-state index contributed by atoms with van der Waals surface area (Å²) in [4.78, 5) is 2.62. The molecule has 0 amide bonds. The zero-order chi connectivity index (χ0) is 8.77. The standard InChI is InChI=1S/C10H20N2/c1-10(2,3)8-6-12(7-8)9-4-11-5-9/h8-9,11H,4-7H2,1-3H3. The molecule has 0 aliphatic carbocycles. The maximum Gasteiger partial charge on any atom is 0.0345 e. The Bertz CT molecular complexity index is 161. The van der Waals surface area contributed by atoms with Crippen molar-refractivity contribution < 1.29 is 0 Å². The Morgan fingerprint density at radius 1 is 1.17 bits per heavy atom. The molecule has 0 atom stereocenters. The van der Waals surface area contributed by atoms with E-state index in [2.05, 4.69) is 31.0 Å². The molecular formula is C10H20N2. The number of rotatable bonds is 1. The van der Waals surface area contributed by atoms with Crippen LogP contribution in [0.2, 0.25) is 0 Å². The maximum atomic E-state index is 3.32. The Morgan fingerprint density at radius 2 is 1.75 bits per heavy atom. The fourth-order valence-corrected chi connectivity index (χ4v) is 1.89. The molecule has 2 saturated heterocycles. The van der Waals surface area contributed by atoms with Gasteiger partial charge in [0.15, 0.2) is 0 Å². The van der Waals surface area contributed by atoms with E-state index in [9.17, 15) is 0 Å². The van der Waals surface area contributed by atoms with Crippen LogP contribution in [-0.2, 0) is 0 Å². The van der Waals surface area contributed by atoms with Crippen LogP contribution >= 0.6 is 0 Å². The predicted octanol–water partition coefficient (Wildman–Crippen LogP) is 0.936. The first-order valence-electron chi connectivity index (χ1n) is 5.02. The van der Waals surface area contributed by atoms with Crippen molar-refractivity contribution in [3.8, 4) is 0 Å². The smallest absolute Gasteiger partial charge is 0.0345 e. The van der Waals surface area contributed by atoms with E-state index >= 15 is 0 Å². The number of nitrogens with zero attached hydrogens (tertiary/aromatic N) is 1. The Labute approximate surface area is 75.3 Å². The fourth-order valence-electron chi connectivity index (χ4n) is 1.89. The lowest BCUT2D eigenvalue weighted by Crippen LogP contribution is -2.65. The molecule has 2 aliphatic heterocycles. The van der Waals surface area contributed by atoms with Crippen LogP contribution in [0.3, 0.4) is 0 Å². The van der Waals surface area contributed by atoms with Gasteiger partial charge in [-0.1, -0.05) is 20.8 Å². The van der Waals surface area contributed by atoms with Gasteiger partial charge in [0.25, 0.3) is 0 Å². The quantitative estimate of drug-likeness (QED) is 0.627. The second-order valence-electron chi connectivity index (χ2n) is 5.33. The first-order chi connectivity index (χ1) is 5.57. The molecule has 0 spiro atoms. The Hall–Kier alpha value is -0.0800. The van der Waals surface area contributed by atoms with Gasteiger partial charge in [0.2, 0.25) is 0 Å². The number of hydrogen-bond donors (Lipinski definition) is 1. The van der Waals surface area contributed by atoms with Crippen LogP contribution in [0.25, 0.3) is 0 Å². The van der Waals surface area contributed by atoms with E-state index in [4.69, 9.17) is 0 Å². The highest BCUT2D eigenvalue weighted by Crippen LogP contribution is 2.34. The van der Waals surface area contributed by atoms with Crippen LogP contribution in [0.5, 0.6) is 0 Å². The van der Waals surface area contributed by atoms with Crippen LogP contribution < -0.4 is 5.32 Å². The molecule has 0 aromatic carbocycles. The maximum absolute atomic E-state index is 3.32. The van der Waals surface area contributed by atoms with Gasteiger partial charge in [0.05, 0.1) is 0 Å². The van der Waals surface area contributed by atoms with E-state index in [-0.39, 0.29) is 0 Å². The third-order valence-corrected chi connectivity index (χ3v) is 3.41. The molecule has 0 saturated carbocycles. The summed E-state index contributed by atoms with van der Waals surface area (Å²) in [6.45, 7) is 12.2. The molecule has 0 aromatic heterocycles. The van der Waals surface area contributed by atoms with Gasteiger partial charge in [-0.3, -0.25) is 4.90 Å². The molecule has 2 nitrogen and oxygen atoms in total. The summed E-state index contributed by atoms with van der Waals surface area (Å²) < 4.78 is 0. The molecule has 2 aliphatic rings. The van der Waals surface area contributed by atoms with E-state index in [0.29, 0.717) is 5.41 Å². The summed E-state index contributed by atoms with van der Waals surface area (Å²) in [6, 6.07) is 0.864. The summed E-state index contributed by atoms with van der Waals surface area (Å²) in [6.07, 6.45) is 0. The summed E-state index contributed by atoms with van der Waals surface area (Å²) >= 11 is 0. The van der Waals surface area contributed by atoms with E-state index in [1.165, 1.54) is 26.2 Å². The van der Waals surface area contributed by atoms with Gasteiger partial charge in [-0.15, -0.1) is 0 Å². The van der Waals surface area contributed by atoms with Gasteiger partial charge < -0.3 is 5.32 Å². The predicted molar refractivity (Wildman–Crippen MR) is 51.2 cm³/mol. The van der Waals surface area contributed by atoms with Gasteiger partial charge >= 0.3 is 0 Å². The van der Waals surface area contributed by atoms with Crippen LogP contribution in [-0.4, -0.2) is 37.1 Å². The second kappa shape index (κ2) is 2.71. The van der Waals surface area contributed by atoms with Gasteiger partial charge in [0, 0.05) is 32.2 Å². The van der Waals surface area contributed by atoms with Crippen molar-refractivity contribution in [2.24, 2.45) is 11.3 Å². The highest BCUT2D eigenvalue weighted by atomic mass is 15.3. The Morgan fingerprint density at radius 3 is 2.08 bits per heavy atom. The summed E-state index contributed by atoms with van der Waals surface area (Å²) in [7, 11) is 0. The third kappa shape index (κ3) is 1.38. The second-order valence-corrected chi connectivity index (χ2v) is 5.33. The zero-order valence-corrected chi connectivity index (χ0v) is 8.43. The molecule has 2 heteroatoms. The van der Waals surface area contributed by atoms with Crippen molar-refractivity contribution in [1.29, 1.82) is 0 Å². The minimum Gasteiger partial charge on any atom is -0.314 e. The third-order valence-electron chi connectivity index (χ3n) is 3.41. The summed E-state index contributed by atoms with van der Waals surface area (Å²) in [5, 5.41) is 3.32. The van der Waals surface area contributed by atoms with E-state index in [1.54, 1.807) is 0 Å². The minimum absolute atomic E-state index is 0.522. The topological polar surface area (TPSA) is 15.3 Å². The molecule has 0 aromatic rings. The summed E-state index contributed by atoms with van der Waals surface area (Å²) in [5.41, 5.74) is 0.522. The van der Waals surface area contributed by atoms with E-state index in [1.807, 2.05) is 0 Å². The molecule has 0 unspecified atom stereocenters. The minimum atomic E-state index is 0.522. The van der Waals surface area contributed by atoms with Gasteiger partial charge in [-0.25, -0.2) is 0 Å². The summed E-state index contributed by atoms with van der Waals surface area (Å²) in [5.74, 6) is 0.929. The average Bonchev–Trinajstić information content (AvgIpc) is 1.67. The first-order valence-corrected chi connectivity index (χ1v) is 5.02. The Kier molecular flexibility index (Phi) is 1.92. The fraction of sp³-hybridized carbons (Fsp3) is 1.00. The molecule has 70 valence electrons. The monoisotopic (exact) mass is 168 g/mol. The molecule has 0 bridgehead atoms. The molecule has 12 heavy (non-hydrogen) atoms.